The first-order valence-electron chi connectivity index (χ1n) is 12.5. The number of hydrogen-bond donors (Lipinski definition) is 2. The zero-order valence-electron chi connectivity index (χ0n) is 20.2. The number of fused-ring (bicyclic) bond motifs is 3. The molecule has 3 aromatic rings. The van der Waals surface area contributed by atoms with Crippen molar-refractivity contribution in [2.75, 3.05) is 43.2 Å². The number of thiazole rings is 1. The fraction of sp³-hybridized carbons (Fsp3) is 0.480. The number of benzene rings is 1. The normalized spacial score (nSPS) is 24.7. The second-order valence-electron chi connectivity index (χ2n) is 10.1. The van der Waals surface area contributed by atoms with E-state index in [1.165, 1.54) is 0 Å². The quantitative estimate of drug-likeness (QED) is 0.502. The van der Waals surface area contributed by atoms with E-state index >= 15 is 0 Å². The molecule has 3 aliphatic heterocycles. The monoisotopic (exact) mass is 560 g/mol. The first kappa shape index (κ1) is 23.9. The first-order chi connectivity index (χ1) is 17.9. The number of aromatic nitrogens is 3. The van der Waals surface area contributed by atoms with Gasteiger partial charge in [0.05, 0.1) is 33.1 Å². The maximum atomic E-state index is 14.7. The fourth-order valence-electron chi connectivity index (χ4n) is 6.30. The smallest absolute Gasteiger partial charge is 0.350 e. The lowest BCUT2D eigenvalue weighted by Crippen LogP contribution is -2.52. The standard InChI is InChI=1S/C25H26ClFN6O2S2/c1-35-9-13-10-36-22-18(14-4-5-17(27)21-19(14)30-24(28)37-21)16(26)6-15-20(22)33(13)25(34)31-23(15)32-7-11-2-3-12(8-32)29-11/h6,11-13,29H,2-5,7-10H2,1H3,(H2,28,30)/t11?,12?,13-/m0/s1. The van der Waals surface area contributed by atoms with Crippen molar-refractivity contribution in [3.63, 3.8) is 0 Å². The topological polar surface area (TPSA) is 98.3 Å². The van der Waals surface area contributed by atoms with Gasteiger partial charge in [0.15, 0.2) is 5.13 Å². The Balaban J connectivity index is 1.54. The third-order valence-corrected chi connectivity index (χ3v) is 10.3. The van der Waals surface area contributed by atoms with Crippen LogP contribution < -0.4 is 31.5 Å². The largest absolute Gasteiger partial charge is 0.383 e. The Morgan fingerprint density at radius 2 is 2.05 bits per heavy atom. The Labute approximate surface area is 225 Å². The molecule has 194 valence electrons. The van der Waals surface area contributed by atoms with Crippen LogP contribution in [-0.4, -0.2) is 59.2 Å². The molecule has 8 nitrogen and oxygen atoms in total. The van der Waals surface area contributed by atoms with Gasteiger partial charge in [-0.25, -0.2) is 14.2 Å². The van der Waals surface area contributed by atoms with E-state index in [-0.39, 0.29) is 24.0 Å². The van der Waals surface area contributed by atoms with Gasteiger partial charge in [0.1, 0.15) is 11.6 Å². The van der Waals surface area contributed by atoms with Crippen LogP contribution >= 0.6 is 34.7 Å². The third kappa shape index (κ3) is 3.73. The summed E-state index contributed by atoms with van der Waals surface area (Å²) in [5.74, 6) is 1.14. The Hall–Kier alpha value is -2.18. The van der Waals surface area contributed by atoms with E-state index in [1.54, 1.807) is 23.4 Å². The summed E-state index contributed by atoms with van der Waals surface area (Å²) in [5.41, 5.74) is 8.23. The molecule has 1 aliphatic carbocycles. The van der Waals surface area contributed by atoms with Crippen LogP contribution in [0.4, 0.5) is 15.3 Å². The second kappa shape index (κ2) is 8.94. The summed E-state index contributed by atoms with van der Waals surface area (Å²) < 4.78 is 22.4. The van der Waals surface area contributed by atoms with Gasteiger partial charge in [-0.3, -0.25) is 4.57 Å². The van der Waals surface area contributed by atoms with E-state index in [0.717, 1.165) is 64.2 Å². The molecule has 2 unspecified atom stereocenters. The Morgan fingerprint density at radius 3 is 2.81 bits per heavy atom. The average Bonchev–Trinajstić information content (AvgIpc) is 3.44. The van der Waals surface area contributed by atoms with E-state index in [2.05, 4.69) is 20.2 Å². The number of anilines is 2. The highest BCUT2D eigenvalue weighted by Crippen LogP contribution is 2.46. The van der Waals surface area contributed by atoms with Crippen molar-refractivity contribution in [3.8, 4) is 0 Å². The molecule has 1 aromatic carbocycles. The zero-order valence-corrected chi connectivity index (χ0v) is 22.6. The number of nitrogen functional groups attached to an aromatic ring is 1. The summed E-state index contributed by atoms with van der Waals surface area (Å²) in [6.07, 6.45) is 2.99. The molecule has 5 heterocycles. The number of nitrogens with two attached hydrogens (primary N) is 1. The van der Waals surface area contributed by atoms with Gasteiger partial charge in [0.2, 0.25) is 0 Å². The van der Waals surface area contributed by atoms with Crippen molar-refractivity contribution in [1.82, 2.24) is 19.9 Å². The molecule has 3 atom stereocenters. The van der Waals surface area contributed by atoms with E-state index < -0.39 is 0 Å². The van der Waals surface area contributed by atoms with Crippen molar-refractivity contribution < 1.29 is 9.13 Å². The lowest BCUT2D eigenvalue weighted by atomic mass is 9.95. The van der Waals surface area contributed by atoms with Gasteiger partial charge in [-0.2, -0.15) is 4.98 Å². The number of thioether (sulfide) groups is 1. The predicted octanol–water partition coefficient (Wildman–Crippen LogP) is 2.39. The number of ether oxygens (including phenoxy) is 1. The second-order valence-corrected chi connectivity index (χ2v) is 12.6. The van der Waals surface area contributed by atoms with Crippen LogP contribution in [0.2, 0.25) is 5.02 Å². The highest BCUT2D eigenvalue weighted by molar-refractivity contribution is 7.99. The van der Waals surface area contributed by atoms with Gasteiger partial charge in [0.25, 0.3) is 0 Å². The third-order valence-electron chi connectivity index (χ3n) is 7.83. The molecule has 0 spiro atoms. The minimum absolute atomic E-state index is 0.153. The Kier molecular flexibility index (Phi) is 5.78. The van der Waals surface area contributed by atoms with E-state index in [9.17, 15) is 9.18 Å². The lowest BCUT2D eigenvalue weighted by Gasteiger charge is -2.36. The van der Waals surface area contributed by atoms with Gasteiger partial charge in [-0.05, 0) is 30.9 Å². The average molecular weight is 561 g/mol. The highest BCUT2D eigenvalue weighted by atomic mass is 35.5. The van der Waals surface area contributed by atoms with Gasteiger partial charge < -0.3 is 20.7 Å². The van der Waals surface area contributed by atoms with E-state index in [0.29, 0.717) is 56.7 Å². The van der Waals surface area contributed by atoms with Gasteiger partial charge in [-0.1, -0.05) is 22.9 Å². The molecule has 2 bridgehead atoms. The van der Waals surface area contributed by atoms with Gasteiger partial charge in [-0.15, -0.1) is 11.8 Å². The molecular formula is C25H26ClFN6O2S2. The first-order valence-corrected chi connectivity index (χ1v) is 14.7. The number of hydrogen-bond acceptors (Lipinski definition) is 9. The molecule has 4 aliphatic rings. The van der Waals surface area contributed by atoms with Crippen LogP contribution in [0.1, 0.15) is 37.3 Å². The number of piperazine rings is 1. The molecule has 2 saturated heterocycles. The zero-order chi connectivity index (χ0) is 25.4. The van der Waals surface area contributed by atoms with Crippen LogP contribution in [0.25, 0.3) is 22.3 Å². The van der Waals surface area contributed by atoms with Crippen molar-refractivity contribution in [2.24, 2.45) is 0 Å². The summed E-state index contributed by atoms with van der Waals surface area (Å²) in [6.45, 7) is 2.01. The minimum Gasteiger partial charge on any atom is -0.383 e. The number of rotatable bonds is 4. The van der Waals surface area contributed by atoms with Crippen LogP contribution in [0.15, 0.2) is 15.8 Å². The van der Waals surface area contributed by atoms with Crippen molar-refractivity contribution in [2.45, 2.75) is 48.7 Å². The Morgan fingerprint density at radius 1 is 1.27 bits per heavy atom. The highest BCUT2D eigenvalue weighted by Gasteiger charge is 2.36. The predicted molar refractivity (Wildman–Crippen MR) is 147 cm³/mol. The maximum Gasteiger partial charge on any atom is 0.350 e. The van der Waals surface area contributed by atoms with Gasteiger partial charge in [0, 0.05) is 60.3 Å². The summed E-state index contributed by atoms with van der Waals surface area (Å²) in [6, 6.07) is 2.58. The van der Waals surface area contributed by atoms with Crippen LogP contribution in [0, 0.1) is 0 Å². The van der Waals surface area contributed by atoms with E-state index in [1.807, 2.05) is 6.07 Å². The van der Waals surface area contributed by atoms with Crippen molar-refractivity contribution in [3.05, 3.63) is 37.0 Å². The lowest BCUT2D eigenvalue weighted by molar-refractivity contribution is 0.163. The van der Waals surface area contributed by atoms with Crippen molar-refractivity contribution in [1.29, 1.82) is 0 Å². The molecule has 37 heavy (non-hydrogen) atoms. The molecule has 0 amide bonds. The molecule has 2 fully saturated rings. The molecule has 2 aromatic heterocycles. The molecule has 7 rings (SSSR count). The van der Waals surface area contributed by atoms with Crippen LogP contribution in [0.3, 0.4) is 0 Å². The summed E-state index contributed by atoms with van der Waals surface area (Å²) in [5, 5.41) is 5.96. The summed E-state index contributed by atoms with van der Waals surface area (Å²) in [4.78, 5) is 25.9. The van der Waals surface area contributed by atoms with Crippen LogP contribution in [0.5, 0.6) is 0 Å². The number of nitrogens with one attached hydrogen (secondary N) is 1. The Bertz CT molecular complexity index is 1630. The van der Waals surface area contributed by atoms with Crippen molar-refractivity contribution >= 4 is 68.0 Å². The molecular weight excluding hydrogens is 535 g/mol. The number of halogens is 2. The SMILES string of the molecule is COC[C@H]1CSc2c(C3=c4nc(N)sc4=C(F)CC3)c(Cl)cc3c(N4CC5CCC(C4)N5)nc(=O)n1c23. The molecule has 0 radical (unpaired) electrons. The summed E-state index contributed by atoms with van der Waals surface area (Å²) in [7, 11) is 1.64. The molecule has 3 N–H and O–H groups in total. The minimum atomic E-state index is -0.281. The summed E-state index contributed by atoms with van der Waals surface area (Å²) >= 11 is 9.89. The van der Waals surface area contributed by atoms with Crippen LogP contribution in [-0.2, 0) is 4.74 Å². The van der Waals surface area contributed by atoms with E-state index in [4.69, 9.17) is 22.1 Å². The van der Waals surface area contributed by atoms with Gasteiger partial charge >= 0.3 is 5.69 Å². The fourth-order valence-corrected chi connectivity index (χ4v) is 8.83. The number of nitrogens with zero attached hydrogens (tertiary/aromatic N) is 4. The number of methoxy groups -OCH3 is 1. The molecule has 12 heteroatoms. The maximum absolute atomic E-state index is 14.7. The molecule has 0 saturated carbocycles.